The van der Waals surface area contributed by atoms with Gasteiger partial charge in [-0.2, -0.15) is 0 Å². The molecule has 1 nitrogen and oxygen atoms in total. The summed E-state index contributed by atoms with van der Waals surface area (Å²) >= 11 is 0. The van der Waals surface area contributed by atoms with Gasteiger partial charge >= 0.3 is 0 Å². The minimum atomic E-state index is -0.0224. The second-order valence-corrected chi connectivity index (χ2v) is 4.11. The monoisotopic (exact) mass is 182 g/mol. The van der Waals surface area contributed by atoms with Crippen molar-refractivity contribution in [1.82, 2.24) is 0 Å². The van der Waals surface area contributed by atoms with Gasteiger partial charge in [0.1, 0.15) is 0 Å². The highest BCUT2D eigenvalue weighted by Gasteiger charge is 2.07. The summed E-state index contributed by atoms with van der Waals surface area (Å²) < 4.78 is 5.53. The minimum absolute atomic E-state index is 0.0224. The maximum absolute atomic E-state index is 5.53. The van der Waals surface area contributed by atoms with Crippen molar-refractivity contribution in [3.05, 3.63) is 24.8 Å². The van der Waals surface area contributed by atoms with E-state index < -0.39 is 0 Å². The van der Waals surface area contributed by atoms with E-state index in [9.17, 15) is 0 Å². The van der Waals surface area contributed by atoms with Crippen molar-refractivity contribution in [3.63, 3.8) is 0 Å². The molecule has 0 aromatic rings. The molecule has 0 aliphatic rings. The molecule has 1 heteroatoms. The lowest BCUT2D eigenvalue weighted by atomic mass is 10.2. The highest BCUT2D eigenvalue weighted by molar-refractivity contribution is 4.83. The summed E-state index contributed by atoms with van der Waals surface area (Å²) in [7, 11) is 0. The lowest BCUT2D eigenvalue weighted by Crippen LogP contribution is -2.18. The number of allylic oxidation sites excluding steroid dienone is 2. The smallest absolute Gasteiger partial charge is 0.0654 e. The first-order chi connectivity index (χ1) is 6.06. The molecule has 0 N–H and O–H groups in total. The van der Waals surface area contributed by atoms with Gasteiger partial charge in [-0.15, -0.1) is 6.58 Å². The van der Waals surface area contributed by atoms with Gasteiger partial charge in [0, 0.05) is 0 Å². The van der Waals surface area contributed by atoms with E-state index in [0.29, 0.717) is 0 Å². The third-order valence-electron chi connectivity index (χ3n) is 1.56. The topological polar surface area (TPSA) is 9.23 Å². The Balaban J connectivity index is 3.27. The molecule has 0 bridgehead atoms. The Kier molecular flexibility index (Phi) is 6.61. The third kappa shape index (κ3) is 11.4. The van der Waals surface area contributed by atoms with E-state index >= 15 is 0 Å². The van der Waals surface area contributed by atoms with Gasteiger partial charge in [-0.3, -0.25) is 0 Å². The van der Waals surface area contributed by atoms with Gasteiger partial charge in [-0.05, 0) is 40.0 Å². The summed E-state index contributed by atoms with van der Waals surface area (Å²) in [6, 6.07) is 0. The molecule has 0 rings (SSSR count). The first kappa shape index (κ1) is 12.4. The Morgan fingerprint density at radius 2 is 1.85 bits per heavy atom. The molecule has 76 valence electrons. The molecule has 0 heterocycles. The van der Waals surface area contributed by atoms with Crippen LogP contribution >= 0.6 is 0 Å². The number of unbranched alkanes of at least 4 members (excludes halogenated alkanes) is 2. The van der Waals surface area contributed by atoms with E-state index in [0.717, 1.165) is 19.4 Å². The van der Waals surface area contributed by atoms with Gasteiger partial charge in [0.15, 0.2) is 0 Å². The Labute approximate surface area is 82.5 Å². The first-order valence-corrected chi connectivity index (χ1v) is 4.96. The molecule has 0 aromatic heterocycles. The van der Waals surface area contributed by atoms with Crippen molar-refractivity contribution in [2.75, 3.05) is 6.61 Å². The molecule has 0 unspecified atom stereocenters. The molecule has 0 saturated carbocycles. The van der Waals surface area contributed by atoms with Gasteiger partial charge < -0.3 is 4.74 Å². The van der Waals surface area contributed by atoms with Crippen molar-refractivity contribution >= 4 is 0 Å². The molecule has 0 radical (unpaired) electrons. The average molecular weight is 182 g/mol. The van der Waals surface area contributed by atoms with Crippen molar-refractivity contribution in [3.8, 4) is 0 Å². The van der Waals surface area contributed by atoms with Crippen LogP contribution in [0.5, 0.6) is 0 Å². The number of ether oxygens (including phenoxy) is 1. The van der Waals surface area contributed by atoms with Crippen LogP contribution in [0, 0.1) is 0 Å². The van der Waals surface area contributed by atoms with Crippen LogP contribution in [-0.4, -0.2) is 12.2 Å². The van der Waals surface area contributed by atoms with Gasteiger partial charge in [0.05, 0.1) is 12.2 Å². The maximum atomic E-state index is 5.53. The largest absolute Gasteiger partial charge is 0.372 e. The fourth-order valence-electron chi connectivity index (χ4n) is 0.864. The fraction of sp³-hybridized carbons (Fsp3) is 0.667. The lowest BCUT2D eigenvalue weighted by molar-refractivity contribution is 0.0149. The molecular weight excluding hydrogens is 160 g/mol. The van der Waals surface area contributed by atoms with Gasteiger partial charge in [0.2, 0.25) is 0 Å². The lowest BCUT2D eigenvalue weighted by Gasteiger charge is -2.17. The number of rotatable bonds is 6. The molecule has 0 fully saturated rings. The molecule has 0 saturated heterocycles. The van der Waals surface area contributed by atoms with E-state index in [1.165, 1.54) is 6.42 Å². The SMILES string of the molecule is C=CCCC/C=C/COC(C)(C)C. The van der Waals surface area contributed by atoms with Crippen LogP contribution in [0.25, 0.3) is 0 Å². The second kappa shape index (κ2) is 6.90. The first-order valence-electron chi connectivity index (χ1n) is 4.96. The second-order valence-electron chi connectivity index (χ2n) is 4.11. The Morgan fingerprint density at radius 3 is 2.38 bits per heavy atom. The van der Waals surface area contributed by atoms with Gasteiger partial charge in [0.25, 0.3) is 0 Å². The predicted octanol–water partition coefficient (Wildman–Crippen LogP) is 3.71. The molecule has 0 spiro atoms. The van der Waals surface area contributed by atoms with Crippen molar-refractivity contribution in [1.29, 1.82) is 0 Å². The predicted molar refractivity (Wildman–Crippen MR) is 58.9 cm³/mol. The minimum Gasteiger partial charge on any atom is -0.372 e. The van der Waals surface area contributed by atoms with Crippen LogP contribution in [-0.2, 0) is 4.74 Å². The zero-order chi connectivity index (χ0) is 10.2. The summed E-state index contributed by atoms with van der Waals surface area (Å²) in [6.07, 6.45) is 9.64. The van der Waals surface area contributed by atoms with E-state index in [2.05, 4.69) is 39.5 Å². The Morgan fingerprint density at radius 1 is 1.15 bits per heavy atom. The van der Waals surface area contributed by atoms with Crippen LogP contribution in [0.3, 0.4) is 0 Å². The highest BCUT2D eigenvalue weighted by Crippen LogP contribution is 2.06. The zero-order valence-corrected chi connectivity index (χ0v) is 9.18. The molecule has 0 atom stereocenters. The third-order valence-corrected chi connectivity index (χ3v) is 1.56. The van der Waals surface area contributed by atoms with Gasteiger partial charge in [-0.1, -0.05) is 18.2 Å². The van der Waals surface area contributed by atoms with E-state index in [-0.39, 0.29) is 5.60 Å². The number of hydrogen-bond acceptors (Lipinski definition) is 1. The number of hydrogen-bond donors (Lipinski definition) is 0. The maximum Gasteiger partial charge on any atom is 0.0654 e. The Bertz CT molecular complexity index is 151. The van der Waals surface area contributed by atoms with Crippen molar-refractivity contribution < 1.29 is 4.74 Å². The summed E-state index contributed by atoms with van der Waals surface area (Å²) in [5.41, 5.74) is -0.0224. The van der Waals surface area contributed by atoms with Crippen LogP contribution in [0.4, 0.5) is 0 Å². The fourth-order valence-corrected chi connectivity index (χ4v) is 0.864. The van der Waals surface area contributed by atoms with Gasteiger partial charge in [-0.25, -0.2) is 0 Å². The summed E-state index contributed by atoms with van der Waals surface area (Å²) in [5.74, 6) is 0. The molecule has 0 aromatic carbocycles. The highest BCUT2D eigenvalue weighted by atomic mass is 16.5. The standard InChI is InChI=1S/C12H22O/c1-5-6-7-8-9-10-11-13-12(2,3)4/h5,9-10H,1,6-8,11H2,2-4H3/b10-9+. The normalized spacial score (nSPS) is 12.2. The van der Waals surface area contributed by atoms with Crippen LogP contribution in [0.15, 0.2) is 24.8 Å². The van der Waals surface area contributed by atoms with E-state index in [1.807, 2.05) is 6.08 Å². The van der Waals surface area contributed by atoms with E-state index in [4.69, 9.17) is 4.74 Å². The summed E-state index contributed by atoms with van der Waals surface area (Å²) in [5, 5.41) is 0. The average Bonchev–Trinajstić information content (AvgIpc) is 2.01. The zero-order valence-electron chi connectivity index (χ0n) is 9.18. The van der Waals surface area contributed by atoms with Crippen LogP contribution in [0.1, 0.15) is 40.0 Å². The molecule has 13 heavy (non-hydrogen) atoms. The molecule has 0 aliphatic carbocycles. The quantitative estimate of drug-likeness (QED) is 0.449. The summed E-state index contributed by atoms with van der Waals surface area (Å²) in [4.78, 5) is 0. The molecular formula is C12H22O. The molecule has 0 aliphatic heterocycles. The van der Waals surface area contributed by atoms with E-state index in [1.54, 1.807) is 0 Å². The Hall–Kier alpha value is -0.560. The van der Waals surface area contributed by atoms with Crippen LogP contribution in [0.2, 0.25) is 0 Å². The van der Waals surface area contributed by atoms with Crippen molar-refractivity contribution in [2.45, 2.75) is 45.6 Å². The molecule has 0 amide bonds. The summed E-state index contributed by atoms with van der Waals surface area (Å²) in [6.45, 7) is 10.6. The van der Waals surface area contributed by atoms with Crippen molar-refractivity contribution in [2.24, 2.45) is 0 Å². The van der Waals surface area contributed by atoms with Crippen LogP contribution < -0.4 is 0 Å².